The van der Waals surface area contributed by atoms with Crippen molar-refractivity contribution in [1.29, 1.82) is 0 Å². The first-order valence-electron chi connectivity index (χ1n) is 8.92. The van der Waals surface area contributed by atoms with Crippen molar-refractivity contribution in [3.8, 4) is 0 Å². The summed E-state index contributed by atoms with van der Waals surface area (Å²) in [7, 11) is 0. The van der Waals surface area contributed by atoms with Crippen LogP contribution in [-0.2, 0) is 0 Å². The average molecular weight is 388 g/mol. The second-order valence-electron chi connectivity index (χ2n) is 6.73. The van der Waals surface area contributed by atoms with Crippen molar-refractivity contribution in [2.75, 3.05) is 44.2 Å². The summed E-state index contributed by atoms with van der Waals surface area (Å²) in [4.78, 5) is 30.3. The molecule has 0 N–H and O–H groups in total. The second-order valence-corrected chi connectivity index (χ2v) is 7.17. The predicted molar refractivity (Wildman–Crippen MR) is 102 cm³/mol. The third-order valence-corrected chi connectivity index (χ3v) is 5.37. The van der Waals surface area contributed by atoms with Crippen molar-refractivity contribution in [1.82, 2.24) is 9.80 Å². The minimum absolute atomic E-state index is 0.227. The van der Waals surface area contributed by atoms with E-state index < -0.39 is 0 Å². The van der Waals surface area contributed by atoms with Crippen LogP contribution in [0.1, 0.15) is 20.7 Å². The summed E-state index contributed by atoms with van der Waals surface area (Å²) in [6, 6.07) is 11.5. The highest BCUT2D eigenvalue weighted by Crippen LogP contribution is 2.25. The first-order chi connectivity index (χ1) is 13.0. The Balaban J connectivity index is 1.34. The van der Waals surface area contributed by atoms with E-state index in [1.807, 2.05) is 4.90 Å². The fraction of sp³-hybridized carbons (Fsp3) is 0.300. The quantitative estimate of drug-likeness (QED) is 0.757. The number of rotatable bonds is 4. The first-order valence-corrected chi connectivity index (χ1v) is 9.30. The molecule has 7 heteroatoms. The van der Waals surface area contributed by atoms with Crippen LogP contribution in [0.3, 0.4) is 0 Å². The van der Waals surface area contributed by atoms with Gasteiger partial charge < -0.3 is 4.90 Å². The topological polar surface area (TPSA) is 43.9 Å². The third-order valence-electron chi connectivity index (χ3n) is 5.14. The van der Waals surface area contributed by atoms with E-state index in [4.69, 9.17) is 11.6 Å². The fourth-order valence-electron chi connectivity index (χ4n) is 3.62. The number of hydrogen-bond acceptors (Lipinski definition) is 4. The summed E-state index contributed by atoms with van der Waals surface area (Å²) < 4.78 is 14.0. The minimum atomic E-state index is -0.279. The highest BCUT2D eigenvalue weighted by molar-refractivity contribution is 6.30. The molecule has 5 nitrogen and oxygen atoms in total. The van der Waals surface area contributed by atoms with Crippen LogP contribution in [0.4, 0.5) is 10.1 Å². The van der Waals surface area contributed by atoms with Gasteiger partial charge in [0.2, 0.25) is 0 Å². The highest BCUT2D eigenvalue weighted by Gasteiger charge is 2.35. The molecule has 140 valence electrons. The molecule has 2 aromatic carbocycles. The van der Waals surface area contributed by atoms with Crippen LogP contribution in [0.2, 0.25) is 5.02 Å². The van der Waals surface area contributed by atoms with Crippen LogP contribution in [0, 0.1) is 5.82 Å². The number of fused-ring (bicyclic) bond motifs is 1. The predicted octanol–water partition coefficient (Wildman–Crippen LogP) is 2.90. The summed E-state index contributed by atoms with van der Waals surface area (Å²) >= 11 is 5.98. The summed E-state index contributed by atoms with van der Waals surface area (Å²) in [5.74, 6) is -0.732. The molecule has 2 amide bonds. The molecule has 0 radical (unpaired) electrons. The van der Waals surface area contributed by atoms with Gasteiger partial charge in [-0.2, -0.15) is 0 Å². The molecule has 1 fully saturated rings. The first kappa shape index (κ1) is 17.9. The van der Waals surface area contributed by atoms with Crippen molar-refractivity contribution in [2.45, 2.75) is 0 Å². The Morgan fingerprint density at radius 3 is 2.15 bits per heavy atom. The minimum Gasteiger partial charge on any atom is -0.367 e. The fourth-order valence-corrected chi connectivity index (χ4v) is 3.79. The zero-order chi connectivity index (χ0) is 19.0. The van der Waals surface area contributed by atoms with Crippen LogP contribution in [0.25, 0.3) is 0 Å². The molecule has 0 atom stereocenters. The van der Waals surface area contributed by atoms with Crippen LogP contribution in [0.5, 0.6) is 0 Å². The van der Waals surface area contributed by atoms with E-state index in [1.165, 1.54) is 11.0 Å². The van der Waals surface area contributed by atoms with Crippen molar-refractivity contribution in [3.63, 3.8) is 0 Å². The Kier molecular flexibility index (Phi) is 4.85. The Bertz CT molecular complexity index is 862. The van der Waals surface area contributed by atoms with Crippen LogP contribution in [0.15, 0.2) is 42.5 Å². The normalized spacial score (nSPS) is 17.6. The van der Waals surface area contributed by atoms with Crippen molar-refractivity contribution < 1.29 is 14.0 Å². The van der Waals surface area contributed by atoms with Gasteiger partial charge >= 0.3 is 0 Å². The molecule has 0 spiro atoms. The van der Waals surface area contributed by atoms with Gasteiger partial charge in [-0.05, 0) is 30.3 Å². The van der Waals surface area contributed by atoms with Crippen LogP contribution >= 0.6 is 11.6 Å². The molecule has 2 aromatic rings. The number of carbonyl (C=O) groups excluding carboxylic acids is 2. The van der Waals surface area contributed by atoms with Gasteiger partial charge in [0.15, 0.2) is 0 Å². The molecule has 0 unspecified atom stereocenters. The molecule has 1 saturated heterocycles. The molecule has 0 aliphatic carbocycles. The molecule has 2 heterocycles. The largest absolute Gasteiger partial charge is 0.367 e. The standard InChI is InChI=1S/C20H19ClFN3O2/c21-14-5-6-17(22)18(13-14)24-10-7-23(8-11-24)9-12-25-19(26)15-3-1-2-4-16(15)20(25)27/h1-6,13H,7-12H2. The molecule has 0 aromatic heterocycles. The summed E-state index contributed by atoms with van der Waals surface area (Å²) in [5, 5.41) is 0.513. The average Bonchev–Trinajstić information content (AvgIpc) is 2.93. The Morgan fingerprint density at radius 2 is 1.52 bits per heavy atom. The molecule has 27 heavy (non-hydrogen) atoms. The monoisotopic (exact) mass is 387 g/mol. The Hall–Kier alpha value is -2.44. The zero-order valence-corrected chi connectivity index (χ0v) is 15.5. The van der Waals surface area contributed by atoms with E-state index in [0.29, 0.717) is 48.0 Å². The van der Waals surface area contributed by atoms with Gasteiger partial charge in [-0.25, -0.2) is 4.39 Å². The number of amides is 2. The van der Waals surface area contributed by atoms with E-state index in [1.54, 1.807) is 36.4 Å². The number of anilines is 1. The number of halogens is 2. The maximum absolute atomic E-state index is 14.0. The van der Waals surface area contributed by atoms with Gasteiger partial charge in [0.1, 0.15) is 5.82 Å². The molecule has 2 aliphatic heterocycles. The Morgan fingerprint density at radius 1 is 0.889 bits per heavy atom. The van der Waals surface area contributed by atoms with E-state index in [0.717, 1.165) is 13.1 Å². The number of piperazine rings is 1. The number of nitrogens with zero attached hydrogens (tertiary/aromatic N) is 3. The number of carbonyl (C=O) groups is 2. The summed E-state index contributed by atoms with van der Waals surface area (Å²) in [5.41, 5.74) is 1.47. The van der Waals surface area contributed by atoms with E-state index in [9.17, 15) is 14.0 Å². The third kappa shape index (κ3) is 3.42. The summed E-state index contributed by atoms with van der Waals surface area (Å²) in [6.45, 7) is 3.76. The lowest BCUT2D eigenvalue weighted by Gasteiger charge is -2.36. The van der Waals surface area contributed by atoms with Crippen LogP contribution in [-0.4, -0.2) is 60.9 Å². The zero-order valence-electron chi connectivity index (χ0n) is 14.7. The smallest absolute Gasteiger partial charge is 0.261 e. The lowest BCUT2D eigenvalue weighted by atomic mass is 10.1. The molecule has 0 saturated carbocycles. The van der Waals surface area contributed by atoms with E-state index in [-0.39, 0.29) is 17.6 Å². The summed E-state index contributed by atoms with van der Waals surface area (Å²) in [6.07, 6.45) is 0. The molecule has 4 rings (SSSR count). The maximum Gasteiger partial charge on any atom is 0.261 e. The van der Waals surface area contributed by atoms with Gasteiger partial charge in [-0.1, -0.05) is 23.7 Å². The number of hydrogen-bond donors (Lipinski definition) is 0. The Labute approximate surface area is 161 Å². The maximum atomic E-state index is 14.0. The van der Waals surface area contributed by atoms with E-state index in [2.05, 4.69) is 4.90 Å². The van der Waals surface area contributed by atoms with Crippen molar-refractivity contribution >= 4 is 29.1 Å². The van der Waals surface area contributed by atoms with Gasteiger partial charge in [0.25, 0.3) is 11.8 Å². The molecule has 0 bridgehead atoms. The van der Waals surface area contributed by atoms with Crippen LogP contribution < -0.4 is 4.90 Å². The number of benzene rings is 2. The molecular weight excluding hydrogens is 369 g/mol. The van der Waals surface area contributed by atoms with Gasteiger partial charge in [-0.3, -0.25) is 19.4 Å². The van der Waals surface area contributed by atoms with Gasteiger partial charge in [0, 0.05) is 44.3 Å². The second kappa shape index (κ2) is 7.29. The SMILES string of the molecule is O=C1c2ccccc2C(=O)N1CCN1CCN(c2cc(Cl)ccc2F)CC1. The lowest BCUT2D eigenvalue weighted by Crippen LogP contribution is -2.49. The van der Waals surface area contributed by atoms with Gasteiger partial charge in [0.05, 0.1) is 16.8 Å². The highest BCUT2D eigenvalue weighted by atomic mass is 35.5. The molecule has 2 aliphatic rings. The van der Waals surface area contributed by atoms with Gasteiger partial charge in [-0.15, -0.1) is 0 Å². The van der Waals surface area contributed by atoms with E-state index >= 15 is 0 Å². The number of imide groups is 1. The lowest BCUT2D eigenvalue weighted by molar-refractivity contribution is 0.0635. The van der Waals surface area contributed by atoms with Crippen molar-refractivity contribution in [3.05, 3.63) is 64.4 Å². The molecular formula is C20H19ClFN3O2. The van der Waals surface area contributed by atoms with Crippen molar-refractivity contribution in [2.24, 2.45) is 0 Å².